The third-order valence-corrected chi connectivity index (χ3v) is 20.6. The van der Waals surface area contributed by atoms with Crippen LogP contribution in [0.3, 0.4) is 0 Å². The molecule has 5 nitrogen and oxygen atoms in total. The minimum atomic E-state index is -3.25. The summed E-state index contributed by atoms with van der Waals surface area (Å²) in [6.45, 7) is -0.164. The van der Waals surface area contributed by atoms with E-state index in [0.29, 0.717) is 17.3 Å². The average Bonchev–Trinajstić information content (AvgIpc) is 1.67. The van der Waals surface area contributed by atoms with Crippen LogP contribution in [0.15, 0.2) is 273 Å². The molecule has 2 aliphatic heterocycles. The molecule has 0 unspecified atom stereocenters. The van der Waals surface area contributed by atoms with Crippen LogP contribution in [0.25, 0.3) is 72.1 Å². The van der Waals surface area contributed by atoms with Crippen molar-refractivity contribution < 1.29 is 29.9 Å². The van der Waals surface area contributed by atoms with Crippen LogP contribution in [0, 0.1) is 25.7 Å². The smallest absolute Gasteiger partial charge is 0.135 e. The molecule has 0 saturated carbocycles. The molecule has 0 aliphatic carbocycles. The predicted octanol–water partition coefficient (Wildman–Crippen LogP) is 15.6. The number of para-hydroxylation sites is 4. The van der Waals surface area contributed by atoms with Crippen molar-refractivity contribution in [1.29, 1.82) is 0 Å². The molecular weight excluding hydrogens is 1170 g/mol. The molecule has 2 aliphatic rings. The molecule has 7 heteroatoms. The zero-order chi connectivity index (χ0) is 54.9. The van der Waals surface area contributed by atoms with Gasteiger partial charge in [0.25, 0.3) is 0 Å². The van der Waals surface area contributed by atoms with Crippen LogP contribution < -0.4 is 35.3 Å². The molecule has 0 bridgehead atoms. The van der Waals surface area contributed by atoms with Crippen LogP contribution in [0.1, 0.15) is 9.68 Å². The van der Waals surface area contributed by atoms with E-state index >= 15 is 0 Å². The normalized spacial score (nSPS) is 13.7. The molecule has 11 aromatic carbocycles. The topological polar surface area (TPSA) is 33.5 Å². The van der Waals surface area contributed by atoms with Crippen molar-refractivity contribution in [1.82, 2.24) is 9.55 Å². The molecule has 0 fully saturated rings. The Labute approximate surface area is 485 Å². The Balaban J connectivity index is 0.00000614. The number of pyridine rings is 1. The number of aryl methyl sites for hydroxylation is 1. The second-order valence-electron chi connectivity index (χ2n) is 20.0. The number of fused-ring (bicyclic) bond motifs is 8. The SMILES string of the molecule is [2H]C([2H])([2H])c1ccnc(-n2c3[c-]c(Oc4[c-]c(N5[CH-]N(c6c(-c7ccccc7)cccc6-c6ccccc6-c6ccccc6)c6ccccc65)ccc4)c4c(c3c3ccccc32)-c2ccccc2[Si]4(c2ccccc2)c2ccccc2)c1.[Pt]. The largest absolute Gasteiger partial charge is 0.509 e. The van der Waals surface area contributed by atoms with Crippen LogP contribution in [0.4, 0.5) is 22.7 Å². The number of hydrogen-bond acceptors (Lipinski definition) is 4. The minimum Gasteiger partial charge on any atom is -0.509 e. The van der Waals surface area contributed by atoms with Gasteiger partial charge in [-0.3, -0.25) is 0 Å². The first-order valence-electron chi connectivity index (χ1n) is 28.1. The maximum atomic E-state index is 8.43. The zero-order valence-corrected chi connectivity index (χ0v) is 46.3. The number of rotatable bonds is 10. The van der Waals surface area contributed by atoms with Crippen molar-refractivity contribution in [2.45, 2.75) is 6.85 Å². The Kier molecular flexibility index (Phi) is 11.5. The summed E-state index contributed by atoms with van der Waals surface area (Å²) in [5, 5.41) is 6.74. The molecule has 15 rings (SSSR count). The summed E-state index contributed by atoms with van der Waals surface area (Å²) in [4.78, 5) is 9.41. The van der Waals surface area contributed by atoms with Gasteiger partial charge >= 0.3 is 0 Å². The Morgan fingerprint density at radius 3 is 1.81 bits per heavy atom. The van der Waals surface area contributed by atoms with Crippen LogP contribution in [0.2, 0.25) is 0 Å². The van der Waals surface area contributed by atoms with Crippen molar-refractivity contribution in [3.63, 3.8) is 0 Å². The Morgan fingerprint density at radius 1 is 0.512 bits per heavy atom. The molecular formula is C73H49N4OPtSi-3. The third-order valence-electron chi connectivity index (χ3n) is 15.7. The van der Waals surface area contributed by atoms with Gasteiger partial charge in [-0.1, -0.05) is 250 Å². The zero-order valence-electron chi connectivity index (χ0n) is 46.1. The van der Waals surface area contributed by atoms with Gasteiger partial charge in [0, 0.05) is 76.6 Å². The van der Waals surface area contributed by atoms with Gasteiger partial charge in [-0.25, -0.2) is 4.98 Å². The fourth-order valence-electron chi connectivity index (χ4n) is 12.5. The van der Waals surface area contributed by atoms with Crippen LogP contribution in [-0.2, 0) is 21.1 Å². The maximum Gasteiger partial charge on any atom is 0.135 e. The number of benzene rings is 11. The van der Waals surface area contributed by atoms with Gasteiger partial charge in [-0.2, -0.15) is 6.07 Å². The van der Waals surface area contributed by atoms with Gasteiger partial charge in [0.1, 0.15) is 13.9 Å². The summed E-state index contributed by atoms with van der Waals surface area (Å²) >= 11 is 0. The number of aromatic nitrogens is 2. The van der Waals surface area contributed by atoms with Crippen molar-refractivity contribution in [2.75, 3.05) is 9.80 Å². The Bertz CT molecular complexity index is 4560. The van der Waals surface area contributed by atoms with Gasteiger partial charge in [-0.15, -0.1) is 42.2 Å². The van der Waals surface area contributed by atoms with E-state index in [9.17, 15) is 0 Å². The van der Waals surface area contributed by atoms with Gasteiger partial charge in [-0.05, 0) is 76.0 Å². The fourth-order valence-corrected chi connectivity index (χ4v) is 17.7. The minimum absolute atomic E-state index is 0. The van der Waals surface area contributed by atoms with E-state index in [-0.39, 0.29) is 26.6 Å². The maximum absolute atomic E-state index is 8.43. The van der Waals surface area contributed by atoms with Crippen LogP contribution >= 0.6 is 0 Å². The van der Waals surface area contributed by atoms with Crippen molar-refractivity contribution in [3.8, 4) is 61.8 Å². The second-order valence-corrected chi connectivity index (χ2v) is 23.7. The number of nitrogens with zero attached hydrogens (tertiary/aromatic N) is 4. The van der Waals surface area contributed by atoms with E-state index in [0.717, 1.165) is 94.2 Å². The number of anilines is 4. The van der Waals surface area contributed by atoms with E-state index in [1.807, 2.05) is 22.8 Å². The first-order chi connectivity index (χ1) is 40.3. The van der Waals surface area contributed by atoms with E-state index in [4.69, 9.17) is 13.8 Å². The first-order valence-corrected chi connectivity index (χ1v) is 28.6. The molecule has 0 saturated heterocycles. The summed E-state index contributed by atoms with van der Waals surface area (Å²) in [7, 11) is -3.25. The molecule has 0 spiro atoms. The monoisotopic (exact) mass is 1220 g/mol. The molecule has 13 aromatic rings. The molecule has 80 heavy (non-hydrogen) atoms. The number of hydrogen-bond donors (Lipinski definition) is 0. The molecule has 0 radical (unpaired) electrons. The first kappa shape index (κ1) is 45.7. The average molecular weight is 1220 g/mol. The van der Waals surface area contributed by atoms with Crippen LogP contribution in [0.5, 0.6) is 11.5 Å². The fraction of sp³-hybridized carbons (Fsp3) is 0.0137. The van der Waals surface area contributed by atoms with Crippen molar-refractivity contribution in [2.24, 2.45) is 0 Å². The van der Waals surface area contributed by atoms with E-state index < -0.39 is 14.9 Å². The van der Waals surface area contributed by atoms with E-state index in [1.54, 1.807) is 18.3 Å². The Morgan fingerprint density at radius 2 is 1.09 bits per heavy atom. The molecule has 0 amide bonds. The molecule has 384 valence electrons. The van der Waals surface area contributed by atoms with Crippen molar-refractivity contribution in [3.05, 3.63) is 297 Å². The summed E-state index contributed by atoms with van der Waals surface area (Å²) < 4.78 is 34.9. The van der Waals surface area contributed by atoms with Crippen molar-refractivity contribution >= 4 is 73.4 Å². The molecule has 0 atom stereocenters. The van der Waals surface area contributed by atoms with E-state index in [1.165, 1.54) is 15.6 Å². The second kappa shape index (κ2) is 20.2. The molecule has 4 heterocycles. The van der Waals surface area contributed by atoms with Gasteiger partial charge < -0.3 is 19.1 Å². The van der Waals surface area contributed by atoms with Gasteiger partial charge in [0.2, 0.25) is 0 Å². The standard InChI is InChI=1S/C73H49N4OSi.Pt/c1-50-44-45-74-69(46-50)77-63-40-18-16-36-61(63)70-66(77)48-67(73-71(70)62-37-17-21-43-68(62)79(73,55-30-10-4-11-31-55)56-32-12-5-13-33-56)78-54-29-22-28-53(47-54)75-49-76(65-42-20-19-41-64(65)75)72-58(52-26-8-3-9-27-52)38-23-39-60(72)59-35-15-14-34-57(59)51-24-6-2-7-25-51;/h2-46,49H,1H3;/q-3;/i1D3;. The molecule has 0 N–H and O–H groups in total. The quantitative estimate of drug-likeness (QED) is 0.101. The Hall–Kier alpha value is -9.32. The molecule has 2 aromatic heterocycles. The predicted molar refractivity (Wildman–Crippen MR) is 328 cm³/mol. The van der Waals surface area contributed by atoms with Crippen LogP contribution in [-0.4, -0.2) is 17.6 Å². The summed E-state index contributed by atoms with van der Waals surface area (Å²) in [6.07, 6.45) is 1.58. The summed E-state index contributed by atoms with van der Waals surface area (Å²) in [5.41, 5.74) is 14.5. The number of ether oxygens (including phenoxy) is 1. The summed E-state index contributed by atoms with van der Waals surface area (Å²) in [6, 6.07) is 101. The van der Waals surface area contributed by atoms with Gasteiger partial charge in [0.05, 0.1) is 0 Å². The van der Waals surface area contributed by atoms with E-state index in [2.05, 4.69) is 265 Å². The summed E-state index contributed by atoms with van der Waals surface area (Å²) in [5.74, 6) is 1.55. The van der Waals surface area contributed by atoms with Gasteiger partial charge in [0.15, 0.2) is 0 Å². The third kappa shape index (κ3) is 7.81.